The zero-order valence-electron chi connectivity index (χ0n) is 9.92. The van der Waals surface area contributed by atoms with E-state index < -0.39 is 0 Å². The summed E-state index contributed by atoms with van der Waals surface area (Å²) in [5.41, 5.74) is 7.24. The molecule has 0 saturated heterocycles. The Morgan fingerprint density at radius 2 is 1.94 bits per heavy atom. The van der Waals surface area contributed by atoms with E-state index in [2.05, 4.69) is 0 Å². The number of carbonyl (C=O) groups is 1. The molecular formula is C14H13NO2S. The Labute approximate surface area is 110 Å². The van der Waals surface area contributed by atoms with Gasteiger partial charge in [-0.1, -0.05) is 29.5 Å². The molecule has 1 aromatic carbocycles. The molecule has 0 bridgehead atoms. The van der Waals surface area contributed by atoms with Crippen molar-refractivity contribution >= 4 is 28.9 Å². The Kier molecular flexibility index (Phi) is 3.79. The fourth-order valence-corrected chi connectivity index (χ4v) is 2.16. The van der Waals surface area contributed by atoms with Gasteiger partial charge in [0.2, 0.25) is 0 Å². The molecule has 18 heavy (non-hydrogen) atoms. The van der Waals surface area contributed by atoms with E-state index in [0.717, 1.165) is 10.6 Å². The summed E-state index contributed by atoms with van der Waals surface area (Å²) in [5, 5.41) is 0.735. The number of anilines is 1. The molecule has 4 heteroatoms. The number of hydrogen-bond donors (Lipinski definition) is 1. The predicted octanol–water partition coefficient (Wildman–Crippen LogP) is 3.24. The van der Waals surface area contributed by atoms with Crippen LogP contribution in [-0.2, 0) is 0 Å². The number of benzene rings is 1. The Morgan fingerprint density at radius 1 is 1.22 bits per heavy atom. The minimum absolute atomic E-state index is 0.0277. The van der Waals surface area contributed by atoms with Gasteiger partial charge >= 0.3 is 0 Å². The summed E-state index contributed by atoms with van der Waals surface area (Å²) in [5.74, 6) is -0.0277. The standard InChI is InChI=1S/C14H13NO2S/c1-17-14-9-8-13(18-14)12(16)7-4-10-2-5-11(15)6-3-10/h2-9H,15H2,1H3/b7-4+. The van der Waals surface area contributed by atoms with Crippen LogP contribution in [0.5, 0.6) is 5.06 Å². The second kappa shape index (κ2) is 5.51. The first-order chi connectivity index (χ1) is 8.69. The van der Waals surface area contributed by atoms with Crippen molar-refractivity contribution in [3.05, 3.63) is 52.9 Å². The van der Waals surface area contributed by atoms with Gasteiger partial charge in [-0.25, -0.2) is 0 Å². The average Bonchev–Trinajstić information content (AvgIpc) is 2.86. The molecule has 0 saturated carbocycles. The van der Waals surface area contributed by atoms with Gasteiger partial charge in [-0.3, -0.25) is 4.79 Å². The molecule has 2 N–H and O–H groups in total. The van der Waals surface area contributed by atoms with E-state index in [1.807, 2.05) is 12.1 Å². The van der Waals surface area contributed by atoms with Crippen molar-refractivity contribution in [2.24, 2.45) is 0 Å². The Hall–Kier alpha value is -2.07. The van der Waals surface area contributed by atoms with Gasteiger partial charge in [0.05, 0.1) is 12.0 Å². The molecule has 0 unspecified atom stereocenters. The molecular weight excluding hydrogens is 246 g/mol. The number of ether oxygens (including phenoxy) is 1. The van der Waals surface area contributed by atoms with Gasteiger partial charge in [-0.05, 0) is 35.9 Å². The molecule has 3 nitrogen and oxygen atoms in total. The van der Waals surface area contributed by atoms with Crippen LogP contribution in [0.15, 0.2) is 42.5 Å². The van der Waals surface area contributed by atoms with Gasteiger partial charge in [-0.2, -0.15) is 0 Å². The van der Waals surface area contributed by atoms with Crippen molar-refractivity contribution in [2.45, 2.75) is 0 Å². The van der Waals surface area contributed by atoms with E-state index in [1.165, 1.54) is 11.3 Å². The van der Waals surface area contributed by atoms with Crippen LogP contribution in [0.25, 0.3) is 6.08 Å². The SMILES string of the molecule is COc1ccc(C(=O)/C=C/c2ccc(N)cc2)s1. The van der Waals surface area contributed by atoms with Crippen molar-refractivity contribution < 1.29 is 9.53 Å². The van der Waals surface area contributed by atoms with Gasteiger partial charge < -0.3 is 10.5 Å². The van der Waals surface area contributed by atoms with E-state index in [1.54, 1.807) is 43.5 Å². The summed E-state index contributed by atoms with van der Waals surface area (Å²) in [7, 11) is 1.59. The minimum Gasteiger partial charge on any atom is -0.487 e. The molecule has 0 radical (unpaired) electrons. The molecule has 0 aliphatic carbocycles. The van der Waals surface area contributed by atoms with Gasteiger partial charge in [0.15, 0.2) is 10.8 Å². The van der Waals surface area contributed by atoms with Crippen LogP contribution in [0.3, 0.4) is 0 Å². The zero-order chi connectivity index (χ0) is 13.0. The van der Waals surface area contributed by atoms with Crippen molar-refractivity contribution in [1.29, 1.82) is 0 Å². The predicted molar refractivity (Wildman–Crippen MR) is 75.1 cm³/mol. The van der Waals surface area contributed by atoms with Crippen molar-refractivity contribution in [2.75, 3.05) is 12.8 Å². The molecule has 2 rings (SSSR count). The highest BCUT2D eigenvalue weighted by atomic mass is 32.1. The first-order valence-corrected chi connectivity index (χ1v) is 6.22. The second-order valence-corrected chi connectivity index (χ2v) is 4.73. The fraction of sp³-hybridized carbons (Fsp3) is 0.0714. The number of ketones is 1. The summed E-state index contributed by atoms with van der Waals surface area (Å²) in [6, 6.07) is 10.9. The Morgan fingerprint density at radius 3 is 2.56 bits per heavy atom. The Balaban J connectivity index is 2.09. The molecule has 92 valence electrons. The summed E-state index contributed by atoms with van der Waals surface area (Å²) in [6.45, 7) is 0. The quantitative estimate of drug-likeness (QED) is 0.521. The molecule has 0 amide bonds. The third-order valence-corrected chi connectivity index (χ3v) is 3.45. The van der Waals surface area contributed by atoms with E-state index in [4.69, 9.17) is 10.5 Å². The number of thiophene rings is 1. The number of hydrogen-bond acceptors (Lipinski definition) is 4. The largest absolute Gasteiger partial charge is 0.487 e. The number of nitrogens with two attached hydrogens (primary N) is 1. The molecule has 0 aliphatic rings. The summed E-state index contributed by atoms with van der Waals surface area (Å²) in [4.78, 5) is 12.5. The smallest absolute Gasteiger partial charge is 0.195 e. The lowest BCUT2D eigenvalue weighted by Crippen LogP contribution is -1.89. The molecule has 0 fully saturated rings. The number of rotatable bonds is 4. The molecule has 2 aromatic rings. The number of carbonyl (C=O) groups excluding carboxylic acids is 1. The van der Waals surface area contributed by atoms with Gasteiger partial charge in [0.25, 0.3) is 0 Å². The van der Waals surface area contributed by atoms with E-state index in [-0.39, 0.29) is 5.78 Å². The van der Waals surface area contributed by atoms with Crippen molar-refractivity contribution in [3.63, 3.8) is 0 Å². The molecule has 1 aromatic heterocycles. The number of allylic oxidation sites excluding steroid dienone is 1. The third kappa shape index (κ3) is 2.99. The van der Waals surface area contributed by atoms with Crippen LogP contribution in [0.1, 0.15) is 15.2 Å². The summed E-state index contributed by atoms with van der Waals surface area (Å²) < 4.78 is 5.05. The van der Waals surface area contributed by atoms with E-state index in [9.17, 15) is 4.79 Å². The zero-order valence-corrected chi connectivity index (χ0v) is 10.7. The van der Waals surface area contributed by atoms with Crippen LogP contribution < -0.4 is 10.5 Å². The van der Waals surface area contributed by atoms with Crippen molar-refractivity contribution in [3.8, 4) is 5.06 Å². The minimum atomic E-state index is -0.0277. The van der Waals surface area contributed by atoms with Crippen LogP contribution in [0.4, 0.5) is 5.69 Å². The van der Waals surface area contributed by atoms with E-state index >= 15 is 0 Å². The maximum absolute atomic E-state index is 11.9. The van der Waals surface area contributed by atoms with Crippen LogP contribution in [0, 0.1) is 0 Å². The summed E-state index contributed by atoms with van der Waals surface area (Å²) >= 11 is 1.34. The van der Waals surface area contributed by atoms with Crippen LogP contribution in [0.2, 0.25) is 0 Å². The molecule has 0 spiro atoms. The topological polar surface area (TPSA) is 52.3 Å². The lowest BCUT2D eigenvalue weighted by atomic mass is 10.2. The lowest BCUT2D eigenvalue weighted by molar-refractivity contribution is 0.105. The second-order valence-electron chi connectivity index (χ2n) is 3.69. The molecule has 0 aliphatic heterocycles. The van der Waals surface area contributed by atoms with Crippen LogP contribution >= 0.6 is 11.3 Å². The molecule has 0 atom stereocenters. The third-order valence-electron chi connectivity index (χ3n) is 2.39. The maximum atomic E-state index is 11.9. The first kappa shape index (κ1) is 12.4. The highest BCUT2D eigenvalue weighted by Gasteiger charge is 2.05. The highest BCUT2D eigenvalue weighted by molar-refractivity contribution is 7.15. The lowest BCUT2D eigenvalue weighted by Gasteiger charge is -1.94. The van der Waals surface area contributed by atoms with E-state index in [0.29, 0.717) is 10.6 Å². The van der Waals surface area contributed by atoms with Crippen molar-refractivity contribution in [1.82, 2.24) is 0 Å². The normalized spacial score (nSPS) is 10.7. The fourth-order valence-electron chi connectivity index (χ4n) is 1.42. The monoisotopic (exact) mass is 259 g/mol. The highest BCUT2D eigenvalue weighted by Crippen LogP contribution is 2.24. The summed E-state index contributed by atoms with van der Waals surface area (Å²) in [6.07, 6.45) is 3.32. The van der Waals surface area contributed by atoms with Gasteiger partial charge in [0.1, 0.15) is 0 Å². The Bertz CT molecular complexity index is 570. The number of methoxy groups -OCH3 is 1. The average molecular weight is 259 g/mol. The maximum Gasteiger partial charge on any atom is 0.195 e. The molecule has 1 heterocycles. The van der Waals surface area contributed by atoms with Gasteiger partial charge in [0, 0.05) is 5.69 Å². The van der Waals surface area contributed by atoms with Gasteiger partial charge in [-0.15, -0.1) is 0 Å². The number of nitrogen functional groups attached to an aromatic ring is 1. The van der Waals surface area contributed by atoms with Crippen LogP contribution in [-0.4, -0.2) is 12.9 Å². The first-order valence-electron chi connectivity index (χ1n) is 5.41.